The molecule has 0 unspecified atom stereocenters. The summed E-state index contributed by atoms with van der Waals surface area (Å²) >= 11 is 0.128. The van der Waals surface area contributed by atoms with E-state index < -0.39 is 0 Å². The van der Waals surface area contributed by atoms with Crippen molar-refractivity contribution >= 4 is 42.8 Å². The summed E-state index contributed by atoms with van der Waals surface area (Å²) in [4.78, 5) is 2.32. The van der Waals surface area contributed by atoms with Gasteiger partial charge in [0.15, 0.2) is 0 Å². The van der Waals surface area contributed by atoms with Gasteiger partial charge in [0.05, 0.1) is 0 Å². The number of hydrogen-bond donors (Lipinski definition) is 1. The van der Waals surface area contributed by atoms with Crippen molar-refractivity contribution in [1.82, 2.24) is 3.53 Å². The van der Waals surface area contributed by atoms with E-state index in [0.29, 0.717) is 20.7 Å². The van der Waals surface area contributed by atoms with Crippen LogP contribution in [0.5, 0.6) is 0 Å². The molecule has 6 heavy (non-hydrogen) atoms. The van der Waals surface area contributed by atoms with Gasteiger partial charge in [-0.25, -0.2) is 0 Å². The molecule has 0 saturated carbocycles. The summed E-state index contributed by atoms with van der Waals surface area (Å²) in [5, 5.41) is 0. The van der Waals surface area contributed by atoms with Crippen LogP contribution in [0.2, 0.25) is 0 Å². The van der Waals surface area contributed by atoms with E-state index in [-0.39, 0.29) is 20.1 Å². The molecule has 1 nitrogen and oxygen atoms in total. The van der Waals surface area contributed by atoms with Gasteiger partial charge in [-0.2, -0.15) is 0 Å². The van der Waals surface area contributed by atoms with Crippen LogP contribution in [-0.2, 0) is 0 Å². The van der Waals surface area contributed by atoms with Crippen LogP contribution in [0.4, 0.5) is 0 Å². The van der Waals surface area contributed by atoms with Crippen LogP contribution in [-0.4, -0.2) is 11.5 Å². The first-order valence-electron chi connectivity index (χ1n) is 1.62. The Labute approximate surface area is 55.4 Å². The molecule has 0 spiro atoms. The van der Waals surface area contributed by atoms with Crippen molar-refractivity contribution in [3.8, 4) is 0 Å². The molecule has 0 radical (unpaired) electrons. The summed E-state index contributed by atoms with van der Waals surface area (Å²) in [5.41, 5.74) is 0. The van der Waals surface area contributed by atoms with Gasteiger partial charge in [0.2, 0.25) is 0 Å². The third kappa shape index (κ3) is 1.83. The first kappa shape index (κ1) is 5.43. The van der Waals surface area contributed by atoms with Gasteiger partial charge in [-0.15, -0.1) is 0 Å². The number of nitrogens with one attached hydrogen (secondary N) is 1. The van der Waals surface area contributed by atoms with Gasteiger partial charge in [0, 0.05) is 0 Å². The van der Waals surface area contributed by atoms with Crippen molar-refractivity contribution in [2.45, 2.75) is 0 Å². The van der Waals surface area contributed by atoms with E-state index >= 15 is 0 Å². The van der Waals surface area contributed by atoms with Crippen LogP contribution >= 0.6 is 40.8 Å². The van der Waals surface area contributed by atoms with Gasteiger partial charge in [0.1, 0.15) is 0 Å². The summed E-state index contributed by atoms with van der Waals surface area (Å²) in [6, 6.07) is 0. The van der Waals surface area contributed by atoms with E-state index in [2.05, 4.69) is 10.5 Å². The number of halogens is 2. The first-order valence-corrected chi connectivity index (χ1v) is 8.88. The second-order valence-electron chi connectivity index (χ2n) is 0.965. The maximum absolute atomic E-state index is 3.36. The van der Waals surface area contributed by atoms with Crippen molar-refractivity contribution in [1.29, 1.82) is 0 Å². The van der Waals surface area contributed by atoms with Crippen LogP contribution in [0.25, 0.3) is 0 Å². The van der Waals surface area contributed by atoms with Gasteiger partial charge >= 0.3 is 55.9 Å². The van der Waals surface area contributed by atoms with Gasteiger partial charge in [-0.1, -0.05) is 0 Å². The second-order valence-corrected chi connectivity index (χ2v) is 9.63. The van der Waals surface area contributed by atoms with Crippen molar-refractivity contribution in [3.05, 3.63) is 0 Å². The molecule has 0 atom stereocenters. The summed E-state index contributed by atoms with van der Waals surface area (Å²) in [6.45, 7) is 0. The minimum atomic E-state index is -0.383. The fourth-order valence-corrected chi connectivity index (χ4v) is 8.42. The standard InChI is InChI=1S/C3H7I2N/c1-4-2-5-3-6-5/h2,6H,3H2,1H3. The number of rotatable bonds is 1. The second kappa shape index (κ2) is 2.56. The SMILES string of the molecule is CI=CI1CN1. The van der Waals surface area contributed by atoms with Crippen molar-refractivity contribution in [2.75, 3.05) is 9.48 Å². The van der Waals surface area contributed by atoms with Crippen LogP contribution in [0.3, 0.4) is 0 Å². The zero-order valence-corrected chi connectivity index (χ0v) is 7.86. The molecule has 1 N–H and O–H groups in total. The molecule has 0 aromatic rings. The normalized spacial score (nSPS) is 27.2. The Balaban J connectivity index is 2.15. The molecule has 1 aliphatic rings. The average Bonchev–Trinajstić information content (AvgIpc) is 2.21. The fourth-order valence-electron chi connectivity index (χ4n) is 0.187. The molecule has 0 amide bonds. The molecule has 1 saturated heterocycles. The first-order chi connectivity index (χ1) is 2.93. The summed E-state index contributed by atoms with van der Waals surface area (Å²) in [7, 11) is 0. The van der Waals surface area contributed by atoms with Gasteiger partial charge in [-0.05, 0) is 0 Å². The molecular weight excluding hydrogens is 304 g/mol. The summed E-state index contributed by atoms with van der Waals surface area (Å²) < 4.78 is 7.32. The van der Waals surface area contributed by atoms with Gasteiger partial charge in [-0.3, -0.25) is 0 Å². The van der Waals surface area contributed by atoms with E-state index in [1.807, 2.05) is 0 Å². The predicted octanol–water partition coefficient (Wildman–Crippen LogP) is 1.33. The van der Waals surface area contributed by atoms with E-state index in [1.165, 1.54) is 4.55 Å². The Bertz CT molecular complexity index is 67.2. The topological polar surface area (TPSA) is 21.9 Å². The third-order valence-corrected chi connectivity index (χ3v) is 10.1. The molecule has 1 rings (SSSR count). The van der Waals surface area contributed by atoms with Crippen LogP contribution in [0, 0.1) is 0 Å². The van der Waals surface area contributed by atoms with E-state index in [0.717, 1.165) is 0 Å². The molecule has 3 heteroatoms. The summed E-state index contributed by atoms with van der Waals surface area (Å²) in [5.74, 6) is 0. The Kier molecular flexibility index (Phi) is 2.32. The van der Waals surface area contributed by atoms with Crippen LogP contribution in [0.15, 0.2) is 0 Å². The number of hydrogen-bond acceptors (Lipinski definition) is 1. The zero-order valence-electron chi connectivity index (χ0n) is 3.54. The molecule has 38 valence electrons. The van der Waals surface area contributed by atoms with E-state index in [1.54, 1.807) is 0 Å². The minimum absolute atomic E-state index is 0.383. The van der Waals surface area contributed by atoms with Gasteiger partial charge in [0.25, 0.3) is 0 Å². The number of alkyl halides is 2. The summed E-state index contributed by atoms with van der Waals surface area (Å²) in [6.07, 6.45) is 0. The van der Waals surface area contributed by atoms with Crippen molar-refractivity contribution in [3.63, 3.8) is 0 Å². The molecule has 0 aromatic carbocycles. The molecule has 1 aliphatic heterocycles. The fraction of sp³-hybridized carbons (Fsp3) is 0.667. The van der Waals surface area contributed by atoms with Crippen molar-refractivity contribution < 1.29 is 0 Å². The molecular formula is C3H7I2N. The zero-order chi connectivity index (χ0) is 4.41. The Hall–Kier alpha value is 1.29. The Morgan fingerprint density at radius 2 is 2.67 bits per heavy atom. The Morgan fingerprint density at radius 1 is 2.00 bits per heavy atom. The monoisotopic (exact) mass is 311 g/mol. The average molecular weight is 311 g/mol. The molecule has 0 aromatic heterocycles. The molecule has 0 bridgehead atoms. The van der Waals surface area contributed by atoms with Crippen LogP contribution < -0.4 is 3.53 Å². The van der Waals surface area contributed by atoms with E-state index in [9.17, 15) is 0 Å². The maximum atomic E-state index is 3.36. The molecule has 0 aliphatic carbocycles. The van der Waals surface area contributed by atoms with Crippen LogP contribution in [0.1, 0.15) is 0 Å². The quantitative estimate of drug-likeness (QED) is 0.255. The van der Waals surface area contributed by atoms with Crippen molar-refractivity contribution in [2.24, 2.45) is 0 Å². The molecule has 1 fully saturated rings. The van der Waals surface area contributed by atoms with Gasteiger partial charge < -0.3 is 0 Å². The Morgan fingerprint density at radius 3 is 2.83 bits per heavy atom. The van der Waals surface area contributed by atoms with E-state index in [4.69, 9.17) is 0 Å². The predicted molar refractivity (Wildman–Crippen MR) is 48.0 cm³/mol. The third-order valence-electron chi connectivity index (χ3n) is 0.470. The molecule has 1 heterocycles.